The van der Waals surface area contributed by atoms with E-state index in [4.69, 9.17) is 18.9 Å². The number of aliphatic hydroxyl groups is 3. The number of aromatic hydroxyl groups is 3. The number of hydrogen-bond acceptors (Lipinski definition) is 15. The van der Waals surface area contributed by atoms with Crippen LogP contribution in [-0.4, -0.2) is 148 Å². The van der Waals surface area contributed by atoms with E-state index in [1.807, 2.05) is 7.05 Å². The normalized spacial score (nSPS) is 31.6. The smallest absolute Gasteiger partial charge is 0.312 e. The molecule has 2 aromatic rings. The average Bonchev–Trinajstić information content (AvgIpc) is 3.49. The van der Waals surface area contributed by atoms with Crippen LogP contribution in [0.3, 0.4) is 0 Å². The van der Waals surface area contributed by atoms with Crippen molar-refractivity contribution in [1.82, 2.24) is 5.01 Å². The van der Waals surface area contributed by atoms with Crippen molar-refractivity contribution in [1.29, 1.82) is 0 Å². The van der Waals surface area contributed by atoms with Crippen LogP contribution in [0, 0.1) is 17.8 Å². The molecule has 332 valence electrons. The lowest BCUT2D eigenvalue weighted by Crippen LogP contribution is -2.57. The molecule has 4 aliphatic rings. The molecule has 0 aromatic heterocycles. The molecule has 0 spiro atoms. The Morgan fingerprint density at radius 3 is 2.33 bits per heavy atom. The molecule has 1 amide bonds. The molecule has 7 N–H and O–H groups in total. The van der Waals surface area contributed by atoms with Gasteiger partial charge in [-0.15, -0.1) is 0 Å². The minimum Gasteiger partial charge on any atom is -0.507 e. The van der Waals surface area contributed by atoms with Crippen LogP contribution in [0.15, 0.2) is 41.2 Å². The summed E-state index contributed by atoms with van der Waals surface area (Å²) in [7, 11) is 3.39. The van der Waals surface area contributed by atoms with Crippen molar-refractivity contribution < 1.29 is 68.5 Å². The Kier molecular flexibility index (Phi) is 12.6. The number of esters is 1. The van der Waals surface area contributed by atoms with Gasteiger partial charge in [-0.05, 0) is 19.9 Å². The Hall–Kier alpha value is -5.20. The Morgan fingerprint density at radius 1 is 1.03 bits per heavy atom. The number of hydrazone groups is 1. The highest BCUT2D eigenvalue weighted by Crippen LogP contribution is 2.60. The van der Waals surface area contributed by atoms with Gasteiger partial charge in [-0.1, -0.05) is 39.0 Å². The number of phenolic OH excluding ortho intramolecular Hbond substituents is 3. The third kappa shape index (κ3) is 7.82. The van der Waals surface area contributed by atoms with Crippen molar-refractivity contribution >= 4 is 40.3 Å². The molecule has 61 heavy (non-hydrogen) atoms. The number of likely N-dealkylation sites (N-methyl/N-ethyl adjacent to an activating group) is 1. The quantitative estimate of drug-likeness (QED) is 0.0728. The molecule has 0 radical (unpaired) electrons. The number of quaternary nitrogens is 1. The number of ketones is 1. The van der Waals surface area contributed by atoms with Crippen LogP contribution >= 0.6 is 0 Å². The number of anilines is 1. The number of rotatable bonds is 6. The Morgan fingerprint density at radius 2 is 1.70 bits per heavy atom. The molecule has 0 saturated carbocycles. The zero-order valence-electron chi connectivity index (χ0n) is 36.1. The van der Waals surface area contributed by atoms with E-state index in [1.54, 1.807) is 44.9 Å². The largest absolute Gasteiger partial charge is 0.507 e. The number of hydrogen-bond donors (Lipinski definition) is 7. The first-order valence-corrected chi connectivity index (χ1v) is 20.5. The maximum atomic E-state index is 14.7. The van der Waals surface area contributed by atoms with Crippen LogP contribution < -0.4 is 10.1 Å². The average molecular weight is 852 g/mol. The molecule has 2 aromatic carbocycles. The maximum Gasteiger partial charge on any atom is 0.312 e. The molecule has 9 atom stereocenters. The minimum absolute atomic E-state index is 0.0231. The lowest BCUT2D eigenvalue weighted by Gasteiger charge is -2.46. The predicted octanol–water partition coefficient (Wildman–Crippen LogP) is 3.17. The van der Waals surface area contributed by atoms with Gasteiger partial charge >= 0.3 is 11.8 Å². The summed E-state index contributed by atoms with van der Waals surface area (Å²) in [6, 6.07) is 0. The third-order valence-corrected chi connectivity index (χ3v) is 13.2. The van der Waals surface area contributed by atoms with Crippen molar-refractivity contribution in [2.45, 2.75) is 84.1 Å². The second-order valence-electron chi connectivity index (χ2n) is 17.4. The number of carbonyl (C=O) groups excluding carboxylic acids is 3. The minimum atomic E-state index is -2.09. The van der Waals surface area contributed by atoms with E-state index in [9.17, 15) is 45.0 Å². The number of phenols is 3. The third-order valence-electron chi connectivity index (χ3n) is 13.2. The molecule has 1 saturated heterocycles. The molecular formula is C44H59N4O13+. The summed E-state index contributed by atoms with van der Waals surface area (Å²) in [4.78, 5) is 41.7. The number of ether oxygens (including phenoxy) is 4. The van der Waals surface area contributed by atoms with E-state index >= 15 is 0 Å². The van der Waals surface area contributed by atoms with Crippen LogP contribution in [0.4, 0.5) is 5.69 Å². The fourth-order valence-corrected chi connectivity index (χ4v) is 9.24. The lowest BCUT2D eigenvalue weighted by molar-refractivity contribution is -0.914. The van der Waals surface area contributed by atoms with Crippen molar-refractivity contribution in [2.24, 2.45) is 22.9 Å². The van der Waals surface area contributed by atoms with Gasteiger partial charge in [0.25, 0.3) is 11.7 Å². The number of aliphatic hydroxyl groups excluding tert-OH is 3. The molecule has 9 unspecified atom stereocenters. The summed E-state index contributed by atoms with van der Waals surface area (Å²) in [6.45, 7) is 13.4. The van der Waals surface area contributed by atoms with Crippen LogP contribution in [-0.2, 0) is 29.2 Å². The highest BCUT2D eigenvalue weighted by molar-refractivity contribution is 6.24. The van der Waals surface area contributed by atoms with Crippen molar-refractivity contribution in [3.05, 3.63) is 52.8 Å². The molecule has 0 aliphatic carbocycles. The number of piperazine rings is 1. The summed E-state index contributed by atoms with van der Waals surface area (Å²) in [5.41, 5.74) is -2.72. The molecule has 6 rings (SSSR count). The highest BCUT2D eigenvalue weighted by Gasteiger charge is 2.58. The number of Topliss-reactive ketones (excluding diaryl/α,β-unsaturated/α-hetero) is 1. The SMILES string of the molecule is COC1C=COC2(C)Oc3c4c(O)c5c(O)c(c(C=NN6CC[N+](C)(CCO)CC6)c(O)c5c3C2=O)NC(=O)C(C)=CC=CC(C)C(O)C(C)C(O)C(C)C(OC(C)=O)C41C. The fourth-order valence-electron chi connectivity index (χ4n) is 9.24. The van der Waals surface area contributed by atoms with Crippen LogP contribution in [0.5, 0.6) is 23.0 Å². The highest BCUT2D eigenvalue weighted by atomic mass is 16.7. The first-order valence-electron chi connectivity index (χ1n) is 20.5. The van der Waals surface area contributed by atoms with E-state index in [0.717, 1.165) is 0 Å². The number of nitrogens with zero attached hydrogens (tertiary/aromatic N) is 3. The number of methoxy groups -OCH3 is 1. The molecule has 5 bridgehead atoms. The number of carbonyl (C=O) groups is 3. The topological polar surface area (TPSA) is 237 Å². The summed E-state index contributed by atoms with van der Waals surface area (Å²) in [5, 5.41) is 79.0. The van der Waals surface area contributed by atoms with Gasteiger partial charge in [-0.25, -0.2) is 0 Å². The number of nitrogens with one attached hydrogen (secondary N) is 1. The van der Waals surface area contributed by atoms with E-state index < -0.39 is 93.7 Å². The van der Waals surface area contributed by atoms with Gasteiger partial charge in [-0.2, -0.15) is 5.10 Å². The Bertz CT molecular complexity index is 2210. The number of benzene rings is 2. The van der Waals surface area contributed by atoms with Crippen LogP contribution in [0.1, 0.15) is 70.0 Å². The monoisotopic (exact) mass is 851 g/mol. The van der Waals surface area contributed by atoms with E-state index in [0.29, 0.717) is 37.2 Å². The fraction of sp³-hybridized carbons (Fsp3) is 0.545. The zero-order valence-corrected chi connectivity index (χ0v) is 36.1. The van der Waals surface area contributed by atoms with Gasteiger partial charge in [0.15, 0.2) is 5.75 Å². The van der Waals surface area contributed by atoms with Crippen LogP contribution in [0.2, 0.25) is 0 Å². The van der Waals surface area contributed by atoms with Crippen molar-refractivity contribution in [3.63, 3.8) is 0 Å². The molecule has 1 fully saturated rings. The number of fused-ring (bicyclic) bond motifs is 3. The van der Waals surface area contributed by atoms with Crippen molar-refractivity contribution in [3.8, 4) is 23.0 Å². The van der Waals surface area contributed by atoms with Gasteiger partial charge in [0, 0.05) is 49.7 Å². The van der Waals surface area contributed by atoms with Gasteiger partial charge in [-0.3, -0.25) is 19.4 Å². The molecule has 4 heterocycles. The second-order valence-corrected chi connectivity index (χ2v) is 17.4. The van der Waals surface area contributed by atoms with Gasteiger partial charge in [0.2, 0.25) is 0 Å². The van der Waals surface area contributed by atoms with Crippen LogP contribution in [0.25, 0.3) is 10.8 Å². The standard InChI is InChI=1S/C44H58N4O13/c1-22-11-10-12-23(2)42(57)46-33-27(21-45-47-14-16-48(8,17-15-47)18-19-49)36(53)29-30(38(33)55)37(54)32-39-31(29)40(56)44(7,61-39)59-20-13-28(58-9)43(32,6)41(60-26(5)50)25(4)35(52)24(3)34(22)51/h10-13,20-22,24-25,28,34-35,41,49,51-52H,14-19H2,1-9H3,(H3-,45,46,53,54,55,56,57)/p+1. The first kappa shape index (κ1) is 45.3. The van der Waals surface area contributed by atoms with E-state index in [-0.39, 0.29) is 45.7 Å². The van der Waals surface area contributed by atoms with E-state index in [1.165, 1.54) is 52.5 Å². The van der Waals surface area contributed by atoms with Crippen molar-refractivity contribution in [2.75, 3.05) is 58.8 Å². The zero-order chi connectivity index (χ0) is 44.9. The van der Waals surface area contributed by atoms with Gasteiger partial charge in [0.05, 0.1) is 104 Å². The number of amides is 1. The second kappa shape index (κ2) is 16.9. The molecular weight excluding hydrogens is 792 g/mol. The summed E-state index contributed by atoms with van der Waals surface area (Å²) in [6.07, 6.45) is 3.52. The summed E-state index contributed by atoms with van der Waals surface area (Å²) < 4.78 is 25.0. The van der Waals surface area contributed by atoms with Gasteiger partial charge < -0.3 is 59.4 Å². The van der Waals surface area contributed by atoms with E-state index in [2.05, 4.69) is 10.4 Å². The molecule has 17 heteroatoms. The van der Waals surface area contributed by atoms with Gasteiger partial charge in [0.1, 0.15) is 29.9 Å². The number of allylic oxidation sites excluding steroid dienone is 2. The summed E-state index contributed by atoms with van der Waals surface area (Å²) in [5.74, 6) is -9.19. The molecule has 4 aliphatic heterocycles. The summed E-state index contributed by atoms with van der Waals surface area (Å²) >= 11 is 0. The predicted molar refractivity (Wildman–Crippen MR) is 224 cm³/mol. The Labute approximate surface area is 354 Å². The molecule has 17 nitrogen and oxygen atoms in total. The lowest BCUT2D eigenvalue weighted by atomic mass is 9.65. The maximum absolute atomic E-state index is 14.7. The Balaban J connectivity index is 1.73. The first-order chi connectivity index (χ1) is 28.6.